The van der Waals surface area contributed by atoms with Crippen molar-refractivity contribution in [1.82, 2.24) is 19.4 Å². The number of benzene rings is 2. The number of halogens is 1. The summed E-state index contributed by atoms with van der Waals surface area (Å²) in [6.45, 7) is 6.08. The first-order valence-corrected chi connectivity index (χ1v) is 11.0. The van der Waals surface area contributed by atoms with Gasteiger partial charge in [-0.1, -0.05) is 46.3 Å². The number of piperazine rings is 1. The Morgan fingerprint density at radius 3 is 2.37 bits per heavy atom. The number of nitrogens with zero attached hydrogens (tertiary/aromatic N) is 4. The minimum Gasteiger partial charge on any atom is -0.330 e. The second-order valence-corrected chi connectivity index (χ2v) is 8.40. The molecule has 0 spiro atoms. The van der Waals surface area contributed by atoms with E-state index in [4.69, 9.17) is 0 Å². The smallest absolute Gasteiger partial charge is 0.238 e. The largest absolute Gasteiger partial charge is 0.330 e. The van der Waals surface area contributed by atoms with Crippen LogP contribution in [0.5, 0.6) is 0 Å². The molecule has 4 rings (SSSR count). The fourth-order valence-electron chi connectivity index (χ4n) is 3.69. The topological polar surface area (TPSA) is 53.4 Å². The highest BCUT2D eigenvalue weighted by Crippen LogP contribution is 2.17. The van der Waals surface area contributed by atoms with Gasteiger partial charge in [-0.2, -0.15) is 0 Å². The molecule has 1 fully saturated rings. The molecule has 1 aromatic heterocycles. The van der Waals surface area contributed by atoms with Gasteiger partial charge in [-0.3, -0.25) is 14.6 Å². The third-order valence-electron chi connectivity index (χ3n) is 5.36. The van der Waals surface area contributed by atoms with E-state index in [9.17, 15) is 4.79 Å². The van der Waals surface area contributed by atoms with Crippen molar-refractivity contribution in [2.75, 3.05) is 44.6 Å². The fraction of sp³-hybridized carbons (Fsp3) is 0.304. The van der Waals surface area contributed by atoms with Gasteiger partial charge in [0.15, 0.2) is 0 Å². The number of anilines is 1. The highest BCUT2D eigenvalue weighted by molar-refractivity contribution is 9.10. The second kappa shape index (κ2) is 10.0. The lowest BCUT2D eigenvalue weighted by Gasteiger charge is -2.34. The number of aromatic nitrogens is 2. The van der Waals surface area contributed by atoms with Crippen LogP contribution in [0.3, 0.4) is 0 Å². The molecule has 3 aromatic rings. The monoisotopic (exact) mass is 467 g/mol. The van der Waals surface area contributed by atoms with Crippen molar-refractivity contribution in [3.8, 4) is 11.4 Å². The maximum absolute atomic E-state index is 12.3. The number of carbonyl (C=O) groups is 1. The Morgan fingerprint density at radius 2 is 1.63 bits per heavy atom. The molecule has 7 heteroatoms. The molecular weight excluding hydrogens is 442 g/mol. The molecule has 0 bridgehead atoms. The van der Waals surface area contributed by atoms with E-state index < -0.39 is 0 Å². The van der Waals surface area contributed by atoms with Crippen LogP contribution in [0, 0.1) is 0 Å². The van der Waals surface area contributed by atoms with E-state index in [1.54, 1.807) is 0 Å². The van der Waals surface area contributed by atoms with Gasteiger partial charge in [0.25, 0.3) is 0 Å². The van der Waals surface area contributed by atoms with Crippen molar-refractivity contribution in [3.05, 3.63) is 71.5 Å². The van der Waals surface area contributed by atoms with Crippen LogP contribution in [0.1, 0.15) is 0 Å². The van der Waals surface area contributed by atoms with Gasteiger partial charge in [-0.25, -0.2) is 4.98 Å². The number of nitrogens with one attached hydrogen (secondary N) is 1. The Kier molecular flexibility index (Phi) is 6.94. The van der Waals surface area contributed by atoms with Crippen LogP contribution in [0.4, 0.5) is 5.69 Å². The van der Waals surface area contributed by atoms with Crippen molar-refractivity contribution in [3.63, 3.8) is 0 Å². The van der Waals surface area contributed by atoms with Gasteiger partial charge in [0, 0.05) is 67.4 Å². The molecule has 0 atom stereocenters. The van der Waals surface area contributed by atoms with Crippen molar-refractivity contribution in [2.45, 2.75) is 6.54 Å². The van der Waals surface area contributed by atoms with E-state index in [0.29, 0.717) is 6.54 Å². The third kappa shape index (κ3) is 5.56. The molecule has 0 saturated carbocycles. The maximum atomic E-state index is 12.3. The zero-order valence-electron chi connectivity index (χ0n) is 16.9. The summed E-state index contributed by atoms with van der Waals surface area (Å²) in [5.74, 6) is 1.05. The van der Waals surface area contributed by atoms with Crippen LogP contribution in [0.15, 0.2) is 71.5 Å². The summed E-state index contributed by atoms with van der Waals surface area (Å²) in [6, 6.07) is 18.0. The van der Waals surface area contributed by atoms with Crippen LogP contribution >= 0.6 is 15.9 Å². The second-order valence-electron chi connectivity index (χ2n) is 7.48. The first kappa shape index (κ1) is 20.8. The zero-order valence-corrected chi connectivity index (χ0v) is 18.5. The molecule has 0 aliphatic carbocycles. The normalized spacial score (nSPS) is 15.2. The number of hydrogen-bond acceptors (Lipinski definition) is 4. The van der Waals surface area contributed by atoms with E-state index in [-0.39, 0.29) is 5.91 Å². The molecule has 1 saturated heterocycles. The average molecular weight is 468 g/mol. The van der Waals surface area contributed by atoms with Gasteiger partial charge < -0.3 is 9.88 Å². The van der Waals surface area contributed by atoms with Gasteiger partial charge in [0.05, 0.1) is 6.54 Å². The molecule has 1 amide bonds. The third-order valence-corrected chi connectivity index (χ3v) is 5.89. The summed E-state index contributed by atoms with van der Waals surface area (Å²) in [4.78, 5) is 21.5. The first-order valence-electron chi connectivity index (χ1n) is 10.2. The summed E-state index contributed by atoms with van der Waals surface area (Å²) in [7, 11) is 0. The summed E-state index contributed by atoms with van der Waals surface area (Å²) in [5, 5.41) is 2.97. The number of hydrogen-bond donors (Lipinski definition) is 1. The van der Waals surface area contributed by atoms with E-state index >= 15 is 0 Å². The Balaban J connectivity index is 1.21. The van der Waals surface area contributed by atoms with Gasteiger partial charge in [0.1, 0.15) is 5.82 Å². The molecule has 30 heavy (non-hydrogen) atoms. The Hall–Kier alpha value is -2.48. The van der Waals surface area contributed by atoms with Crippen molar-refractivity contribution in [2.24, 2.45) is 0 Å². The van der Waals surface area contributed by atoms with E-state index in [2.05, 4.69) is 52.7 Å². The van der Waals surface area contributed by atoms with Crippen LogP contribution in [-0.2, 0) is 11.3 Å². The first-order chi connectivity index (χ1) is 14.7. The molecule has 156 valence electrons. The standard InChI is InChI=1S/C23H26BrN5O/c24-20-6-8-21(9-7-20)26-22(30)18-28-14-12-27(13-15-28)16-17-29-11-10-25-23(29)19-4-2-1-3-5-19/h1-11H,12-18H2,(H,26,30). The zero-order chi connectivity index (χ0) is 20.8. The van der Waals surface area contributed by atoms with Gasteiger partial charge >= 0.3 is 0 Å². The Bertz CT molecular complexity index is 949. The van der Waals surface area contributed by atoms with E-state index in [1.807, 2.05) is 54.9 Å². The number of rotatable bonds is 7. The summed E-state index contributed by atoms with van der Waals surface area (Å²) < 4.78 is 3.22. The molecule has 6 nitrogen and oxygen atoms in total. The minimum absolute atomic E-state index is 0.0386. The Morgan fingerprint density at radius 1 is 0.933 bits per heavy atom. The van der Waals surface area contributed by atoms with Gasteiger partial charge in [0.2, 0.25) is 5.91 Å². The van der Waals surface area contributed by atoms with E-state index in [1.165, 1.54) is 0 Å². The number of carbonyl (C=O) groups excluding carboxylic acids is 1. The summed E-state index contributed by atoms with van der Waals surface area (Å²) in [5.41, 5.74) is 1.97. The lowest BCUT2D eigenvalue weighted by atomic mass is 10.2. The molecule has 2 heterocycles. The highest BCUT2D eigenvalue weighted by atomic mass is 79.9. The van der Waals surface area contributed by atoms with Crippen molar-refractivity contribution < 1.29 is 4.79 Å². The fourth-order valence-corrected chi connectivity index (χ4v) is 3.96. The quantitative estimate of drug-likeness (QED) is 0.576. The molecular formula is C23H26BrN5O. The van der Waals surface area contributed by atoms with Crippen LogP contribution in [0.25, 0.3) is 11.4 Å². The van der Waals surface area contributed by atoms with Crippen LogP contribution in [-0.4, -0.2) is 64.5 Å². The van der Waals surface area contributed by atoms with Crippen LogP contribution < -0.4 is 5.32 Å². The predicted molar refractivity (Wildman–Crippen MR) is 123 cm³/mol. The van der Waals surface area contributed by atoms with Crippen LogP contribution in [0.2, 0.25) is 0 Å². The molecule has 1 aliphatic heterocycles. The van der Waals surface area contributed by atoms with Gasteiger partial charge in [-0.05, 0) is 24.3 Å². The average Bonchev–Trinajstić information content (AvgIpc) is 3.24. The maximum Gasteiger partial charge on any atom is 0.238 e. The lowest BCUT2D eigenvalue weighted by Crippen LogP contribution is -2.49. The molecule has 0 radical (unpaired) electrons. The number of amides is 1. The van der Waals surface area contributed by atoms with Gasteiger partial charge in [-0.15, -0.1) is 0 Å². The molecule has 2 aromatic carbocycles. The summed E-state index contributed by atoms with van der Waals surface area (Å²) in [6.07, 6.45) is 3.91. The SMILES string of the molecule is O=C(CN1CCN(CCn2ccnc2-c2ccccc2)CC1)Nc1ccc(Br)cc1. The van der Waals surface area contributed by atoms with Crippen molar-refractivity contribution >= 4 is 27.5 Å². The van der Waals surface area contributed by atoms with E-state index in [0.717, 1.165) is 60.8 Å². The highest BCUT2D eigenvalue weighted by Gasteiger charge is 2.19. The summed E-state index contributed by atoms with van der Waals surface area (Å²) >= 11 is 3.41. The lowest BCUT2D eigenvalue weighted by molar-refractivity contribution is -0.117. The number of imidazole rings is 1. The molecule has 0 unspecified atom stereocenters. The molecule has 1 aliphatic rings. The Labute approximate surface area is 185 Å². The molecule has 1 N–H and O–H groups in total. The minimum atomic E-state index is 0.0386. The van der Waals surface area contributed by atoms with Crippen molar-refractivity contribution in [1.29, 1.82) is 0 Å². The predicted octanol–water partition coefficient (Wildman–Crippen LogP) is 3.57.